The van der Waals surface area contributed by atoms with E-state index < -0.39 is 0 Å². The van der Waals surface area contributed by atoms with Gasteiger partial charge >= 0.3 is 0 Å². The van der Waals surface area contributed by atoms with E-state index in [0.717, 1.165) is 17.1 Å². The van der Waals surface area contributed by atoms with Crippen LogP contribution >= 0.6 is 0 Å². The topological polar surface area (TPSA) is 43.4 Å². The van der Waals surface area contributed by atoms with Gasteiger partial charge in [0.15, 0.2) is 0 Å². The smallest absolute Gasteiger partial charge is 0.146 e. The van der Waals surface area contributed by atoms with Crippen LogP contribution in [0.15, 0.2) is 30.3 Å². The number of aromatic nitrogens is 1. The zero-order valence-electron chi connectivity index (χ0n) is 11.7. The molecule has 0 saturated carbocycles. The molecule has 0 bridgehead atoms. The maximum absolute atomic E-state index is 13.7. The first-order valence-electron chi connectivity index (χ1n) is 6.21. The molecule has 1 aromatic carbocycles. The lowest BCUT2D eigenvalue weighted by Gasteiger charge is -2.10. The predicted molar refractivity (Wildman–Crippen MR) is 75.8 cm³/mol. The molecule has 0 fully saturated rings. The SMILES string of the molecule is COc1cc(C)nc(CNc2cc(OC)ccc2F)c1. The van der Waals surface area contributed by atoms with Gasteiger partial charge in [-0.15, -0.1) is 0 Å². The van der Waals surface area contributed by atoms with Crippen molar-refractivity contribution in [2.45, 2.75) is 13.5 Å². The van der Waals surface area contributed by atoms with E-state index in [1.54, 1.807) is 26.4 Å². The van der Waals surface area contributed by atoms with Gasteiger partial charge in [-0.1, -0.05) is 0 Å². The van der Waals surface area contributed by atoms with Crippen LogP contribution in [-0.4, -0.2) is 19.2 Å². The second kappa shape index (κ2) is 6.23. The summed E-state index contributed by atoms with van der Waals surface area (Å²) in [7, 11) is 3.15. The number of nitrogens with zero attached hydrogens (tertiary/aromatic N) is 1. The monoisotopic (exact) mass is 276 g/mol. The Hall–Kier alpha value is -2.30. The van der Waals surface area contributed by atoms with Crippen LogP contribution in [-0.2, 0) is 6.54 Å². The molecule has 20 heavy (non-hydrogen) atoms. The number of rotatable bonds is 5. The van der Waals surface area contributed by atoms with E-state index in [1.807, 2.05) is 19.1 Å². The number of benzene rings is 1. The highest BCUT2D eigenvalue weighted by Gasteiger charge is 2.05. The van der Waals surface area contributed by atoms with E-state index in [-0.39, 0.29) is 5.82 Å². The lowest BCUT2D eigenvalue weighted by molar-refractivity contribution is 0.413. The van der Waals surface area contributed by atoms with Gasteiger partial charge in [0.25, 0.3) is 0 Å². The van der Waals surface area contributed by atoms with Crippen molar-refractivity contribution in [3.05, 3.63) is 47.5 Å². The molecule has 2 rings (SSSR count). The van der Waals surface area contributed by atoms with Crippen LogP contribution in [0.4, 0.5) is 10.1 Å². The predicted octanol–water partition coefficient (Wildman–Crippen LogP) is 3.16. The minimum atomic E-state index is -0.328. The molecular weight excluding hydrogens is 259 g/mol. The number of halogens is 1. The molecule has 0 unspecified atom stereocenters. The Morgan fingerprint density at radius 3 is 2.55 bits per heavy atom. The van der Waals surface area contributed by atoms with Crippen LogP contribution in [0, 0.1) is 12.7 Å². The fourth-order valence-corrected chi connectivity index (χ4v) is 1.86. The molecule has 4 nitrogen and oxygen atoms in total. The number of ether oxygens (including phenoxy) is 2. The van der Waals surface area contributed by atoms with Gasteiger partial charge < -0.3 is 14.8 Å². The van der Waals surface area contributed by atoms with Crippen LogP contribution in [0.5, 0.6) is 11.5 Å². The highest BCUT2D eigenvalue weighted by Crippen LogP contribution is 2.22. The summed E-state index contributed by atoms with van der Waals surface area (Å²) in [6.07, 6.45) is 0. The molecule has 5 heteroatoms. The highest BCUT2D eigenvalue weighted by atomic mass is 19.1. The molecule has 0 atom stereocenters. The third-order valence-electron chi connectivity index (χ3n) is 2.85. The quantitative estimate of drug-likeness (QED) is 0.911. The Balaban J connectivity index is 2.14. The minimum absolute atomic E-state index is 0.328. The lowest BCUT2D eigenvalue weighted by Crippen LogP contribution is -2.05. The first kappa shape index (κ1) is 14.1. The van der Waals surface area contributed by atoms with Gasteiger partial charge in [0.1, 0.15) is 17.3 Å². The van der Waals surface area contributed by atoms with Crippen molar-refractivity contribution in [1.29, 1.82) is 0 Å². The molecule has 2 aromatic rings. The number of pyridine rings is 1. The van der Waals surface area contributed by atoms with E-state index in [1.165, 1.54) is 6.07 Å². The van der Waals surface area contributed by atoms with Crippen LogP contribution in [0.3, 0.4) is 0 Å². The average Bonchev–Trinajstić information content (AvgIpc) is 2.45. The zero-order chi connectivity index (χ0) is 14.5. The molecular formula is C15H17FN2O2. The average molecular weight is 276 g/mol. The molecule has 1 aromatic heterocycles. The van der Waals surface area contributed by atoms with Gasteiger partial charge in [0.05, 0.1) is 32.1 Å². The van der Waals surface area contributed by atoms with E-state index in [9.17, 15) is 4.39 Å². The summed E-state index contributed by atoms with van der Waals surface area (Å²) in [5.74, 6) is 1.01. The van der Waals surface area contributed by atoms with E-state index >= 15 is 0 Å². The third kappa shape index (κ3) is 3.38. The normalized spacial score (nSPS) is 10.2. The summed E-state index contributed by atoms with van der Waals surface area (Å²) in [5, 5.41) is 3.01. The number of methoxy groups -OCH3 is 2. The van der Waals surface area contributed by atoms with Crippen molar-refractivity contribution >= 4 is 5.69 Å². The zero-order valence-corrected chi connectivity index (χ0v) is 11.7. The Labute approximate surface area is 117 Å². The molecule has 106 valence electrons. The minimum Gasteiger partial charge on any atom is -0.497 e. The van der Waals surface area contributed by atoms with Crippen molar-refractivity contribution in [2.75, 3.05) is 19.5 Å². The summed E-state index contributed by atoms with van der Waals surface area (Å²) in [6, 6.07) is 8.22. The summed E-state index contributed by atoms with van der Waals surface area (Å²) in [5.41, 5.74) is 2.02. The van der Waals surface area contributed by atoms with E-state index in [2.05, 4.69) is 10.3 Å². The van der Waals surface area contributed by atoms with Gasteiger partial charge in [-0.2, -0.15) is 0 Å². The molecule has 0 aliphatic heterocycles. The van der Waals surface area contributed by atoms with Gasteiger partial charge in [-0.05, 0) is 19.1 Å². The Kier molecular flexibility index (Phi) is 4.40. The Morgan fingerprint density at radius 1 is 1.10 bits per heavy atom. The number of hydrogen-bond acceptors (Lipinski definition) is 4. The maximum Gasteiger partial charge on any atom is 0.146 e. The van der Waals surface area contributed by atoms with Gasteiger partial charge in [-0.3, -0.25) is 4.98 Å². The molecule has 0 amide bonds. The maximum atomic E-state index is 13.7. The highest BCUT2D eigenvalue weighted by molar-refractivity contribution is 5.50. The fourth-order valence-electron chi connectivity index (χ4n) is 1.86. The molecule has 0 spiro atoms. The van der Waals surface area contributed by atoms with Gasteiger partial charge in [0.2, 0.25) is 0 Å². The van der Waals surface area contributed by atoms with Crippen LogP contribution < -0.4 is 14.8 Å². The Morgan fingerprint density at radius 2 is 1.85 bits per heavy atom. The van der Waals surface area contributed by atoms with Crippen molar-refractivity contribution in [2.24, 2.45) is 0 Å². The van der Waals surface area contributed by atoms with Crippen molar-refractivity contribution in [1.82, 2.24) is 4.98 Å². The molecule has 1 N–H and O–H groups in total. The summed E-state index contributed by atoms with van der Waals surface area (Å²) in [6.45, 7) is 2.29. The molecule has 0 aliphatic carbocycles. The largest absolute Gasteiger partial charge is 0.497 e. The lowest BCUT2D eigenvalue weighted by atomic mass is 10.2. The number of nitrogens with one attached hydrogen (secondary N) is 1. The second-order valence-corrected chi connectivity index (χ2v) is 4.34. The van der Waals surface area contributed by atoms with Gasteiger partial charge in [0, 0.05) is 23.9 Å². The first-order chi connectivity index (χ1) is 9.62. The van der Waals surface area contributed by atoms with Crippen molar-refractivity contribution in [3.8, 4) is 11.5 Å². The van der Waals surface area contributed by atoms with Crippen LogP contribution in [0.1, 0.15) is 11.4 Å². The molecule has 0 aliphatic rings. The van der Waals surface area contributed by atoms with Crippen molar-refractivity contribution in [3.63, 3.8) is 0 Å². The fraction of sp³-hybridized carbons (Fsp3) is 0.267. The van der Waals surface area contributed by atoms with Crippen molar-refractivity contribution < 1.29 is 13.9 Å². The Bertz CT molecular complexity index is 602. The van der Waals surface area contributed by atoms with Gasteiger partial charge in [-0.25, -0.2) is 4.39 Å². The number of anilines is 1. The van der Waals surface area contributed by atoms with Crippen LogP contribution in [0.2, 0.25) is 0 Å². The molecule has 1 heterocycles. The number of hydrogen-bond donors (Lipinski definition) is 1. The first-order valence-corrected chi connectivity index (χ1v) is 6.21. The third-order valence-corrected chi connectivity index (χ3v) is 2.85. The number of aryl methyl sites for hydroxylation is 1. The second-order valence-electron chi connectivity index (χ2n) is 4.34. The standard InChI is InChI=1S/C15H17FN2O2/c1-10-6-13(20-3)7-11(18-10)9-17-15-8-12(19-2)4-5-14(15)16/h4-8,17H,9H2,1-3H3. The molecule has 0 saturated heterocycles. The summed E-state index contributed by atoms with van der Waals surface area (Å²) in [4.78, 5) is 4.37. The molecule has 0 radical (unpaired) electrons. The van der Waals surface area contributed by atoms with E-state index in [0.29, 0.717) is 18.0 Å². The van der Waals surface area contributed by atoms with Crippen LogP contribution in [0.25, 0.3) is 0 Å². The van der Waals surface area contributed by atoms with E-state index in [4.69, 9.17) is 9.47 Å². The summed E-state index contributed by atoms with van der Waals surface area (Å²) >= 11 is 0. The summed E-state index contributed by atoms with van der Waals surface area (Å²) < 4.78 is 23.9.